The van der Waals surface area contributed by atoms with Crippen LogP contribution in [-0.4, -0.2) is 42.4 Å². The van der Waals surface area contributed by atoms with Crippen molar-refractivity contribution < 1.29 is 23.5 Å². The van der Waals surface area contributed by atoms with Crippen LogP contribution in [0.3, 0.4) is 0 Å². The van der Waals surface area contributed by atoms with Crippen molar-refractivity contribution in [2.24, 2.45) is 0 Å². The molecular weight excluding hydrogens is 383 g/mol. The highest BCUT2D eigenvalue weighted by atomic mass is 32.1. The number of carbonyl (C=O) groups excluding carboxylic acids is 3. The molecule has 0 radical (unpaired) electrons. The number of ether oxygens (including phenoxy) is 1. The summed E-state index contributed by atoms with van der Waals surface area (Å²) in [6, 6.07) is 9.47. The minimum Gasteiger partial charge on any atom is -0.452 e. The average Bonchev–Trinajstić information content (AvgIpc) is 3.22. The second-order valence-corrected chi connectivity index (χ2v) is 6.75. The van der Waals surface area contributed by atoms with Gasteiger partial charge in [-0.15, -0.1) is 11.3 Å². The van der Waals surface area contributed by atoms with Gasteiger partial charge in [0, 0.05) is 24.0 Å². The van der Waals surface area contributed by atoms with Gasteiger partial charge in [0.2, 0.25) is 5.91 Å². The fourth-order valence-electron chi connectivity index (χ4n) is 2.22. The Labute approximate surface area is 166 Å². The summed E-state index contributed by atoms with van der Waals surface area (Å²) in [6.45, 7) is 1.66. The molecule has 1 N–H and O–H groups in total. The van der Waals surface area contributed by atoms with Crippen LogP contribution >= 0.6 is 11.3 Å². The first-order valence-corrected chi connectivity index (χ1v) is 9.53. The molecule has 0 fully saturated rings. The fourth-order valence-corrected chi connectivity index (χ4v) is 2.84. The Morgan fingerprint density at radius 1 is 1.21 bits per heavy atom. The van der Waals surface area contributed by atoms with E-state index in [0.717, 1.165) is 10.4 Å². The molecule has 2 rings (SSSR count). The predicted octanol–water partition coefficient (Wildman–Crippen LogP) is 2.61. The van der Waals surface area contributed by atoms with Crippen molar-refractivity contribution in [2.75, 3.05) is 19.7 Å². The summed E-state index contributed by atoms with van der Waals surface area (Å²) in [6.07, 6.45) is 2.86. The Kier molecular flexibility index (Phi) is 8.36. The fraction of sp³-hybridized carbons (Fsp3) is 0.250. The molecule has 6 nitrogen and oxygen atoms in total. The van der Waals surface area contributed by atoms with E-state index in [1.54, 1.807) is 25.1 Å². The van der Waals surface area contributed by atoms with Crippen LogP contribution < -0.4 is 5.32 Å². The van der Waals surface area contributed by atoms with E-state index in [9.17, 15) is 18.8 Å². The van der Waals surface area contributed by atoms with Gasteiger partial charge in [-0.3, -0.25) is 9.59 Å². The maximum Gasteiger partial charge on any atom is 0.331 e. The number of halogens is 1. The van der Waals surface area contributed by atoms with Crippen molar-refractivity contribution in [3.8, 4) is 0 Å². The zero-order valence-corrected chi connectivity index (χ0v) is 16.2. The molecule has 0 spiro atoms. The van der Waals surface area contributed by atoms with E-state index < -0.39 is 18.5 Å². The van der Waals surface area contributed by atoms with Gasteiger partial charge in [0.25, 0.3) is 5.91 Å². The number of hydrogen-bond acceptors (Lipinski definition) is 5. The molecule has 1 heterocycles. The number of esters is 1. The number of nitrogens with one attached hydrogen (secondary N) is 1. The van der Waals surface area contributed by atoms with Crippen LogP contribution in [0.4, 0.5) is 4.39 Å². The number of rotatable bonds is 9. The van der Waals surface area contributed by atoms with E-state index in [0.29, 0.717) is 6.54 Å². The van der Waals surface area contributed by atoms with E-state index in [1.807, 2.05) is 17.5 Å². The van der Waals surface area contributed by atoms with E-state index in [-0.39, 0.29) is 24.8 Å². The molecule has 2 amide bonds. The summed E-state index contributed by atoms with van der Waals surface area (Å²) in [4.78, 5) is 38.1. The lowest BCUT2D eigenvalue weighted by atomic mass is 10.2. The van der Waals surface area contributed by atoms with Gasteiger partial charge < -0.3 is 15.0 Å². The average molecular weight is 404 g/mol. The Bertz CT molecular complexity index is 819. The number of benzene rings is 1. The zero-order chi connectivity index (χ0) is 20.4. The number of hydrogen-bond donors (Lipinski definition) is 1. The number of carbonyl (C=O) groups is 3. The molecule has 8 heteroatoms. The van der Waals surface area contributed by atoms with Crippen LogP contribution in [0.5, 0.6) is 0 Å². The summed E-state index contributed by atoms with van der Waals surface area (Å²) in [7, 11) is 0. The van der Waals surface area contributed by atoms with Gasteiger partial charge in [-0.2, -0.15) is 0 Å². The second kappa shape index (κ2) is 11.0. The van der Waals surface area contributed by atoms with E-state index in [4.69, 9.17) is 4.74 Å². The molecule has 0 atom stereocenters. The maximum absolute atomic E-state index is 12.9. The topological polar surface area (TPSA) is 75.7 Å². The Hall–Kier alpha value is -3.00. The summed E-state index contributed by atoms with van der Waals surface area (Å²) in [5, 5.41) is 4.55. The lowest BCUT2D eigenvalue weighted by molar-refractivity contribution is -0.148. The number of likely N-dealkylation sites (N-methyl/N-ethyl adjacent to an activating group) is 1. The molecule has 28 heavy (non-hydrogen) atoms. The highest BCUT2D eigenvalue weighted by Crippen LogP contribution is 2.10. The van der Waals surface area contributed by atoms with E-state index in [1.165, 1.54) is 34.4 Å². The molecule has 0 saturated heterocycles. The van der Waals surface area contributed by atoms with Crippen molar-refractivity contribution in [1.82, 2.24) is 10.2 Å². The highest BCUT2D eigenvalue weighted by molar-refractivity contribution is 7.10. The molecule has 0 saturated carbocycles. The quantitative estimate of drug-likeness (QED) is 0.515. The Morgan fingerprint density at radius 2 is 1.96 bits per heavy atom. The van der Waals surface area contributed by atoms with Gasteiger partial charge in [-0.05, 0) is 42.1 Å². The number of nitrogens with zero attached hydrogens (tertiary/aromatic N) is 1. The highest BCUT2D eigenvalue weighted by Gasteiger charge is 2.16. The van der Waals surface area contributed by atoms with Crippen molar-refractivity contribution in [3.05, 3.63) is 64.1 Å². The summed E-state index contributed by atoms with van der Waals surface area (Å²) in [5.74, 6) is -1.79. The van der Waals surface area contributed by atoms with Crippen molar-refractivity contribution in [1.29, 1.82) is 0 Å². The van der Waals surface area contributed by atoms with Crippen LogP contribution in [0.25, 0.3) is 6.08 Å². The van der Waals surface area contributed by atoms with Gasteiger partial charge in [-0.25, -0.2) is 9.18 Å². The minimum atomic E-state index is -0.626. The van der Waals surface area contributed by atoms with Gasteiger partial charge in [0.05, 0.1) is 6.54 Å². The summed E-state index contributed by atoms with van der Waals surface area (Å²) in [5.41, 5.74) is 0.746. The lowest BCUT2D eigenvalue weighted by Gasteiger charge is -2.20. The molecule has 0 aliphatic carbocycles. The smallest absolute Gasteiger partial charge is 0.331 e. The van der Waals surface area contributed by atoms with E-state index >= 15 is 0 Å². The third-order valence-electron chi connectivity index (χ3n) is 3.74. The van der Waals surface area contributed by atoms with Crippen molar-refractivity contribution in [3.63, 3.8) is 0 Å². The second-order valence-electron chi connectivity index (χ2n) is 5.77. The van der Waals surface area contributed by atoms with Crippen LogP contribution in [0.1, 0.15) is 17.4 Å². The normalized spacial score (nSPS) is 10.6. The van der Waals surface area contributed by atoms with E-state index in [2.05, 4.69) is 5.32 Å². The van der Waals surface area contributed by atoms with Crippen molar-refractivity contribution >= 4 is 35.2 Å². The molecule has 0 unspecified atom stereocenters. The van der Waals surface area contributed by atoms with Gasteiger partial charge in [0.1, 0.15) is 5.82 Å². The Balaban J connectivity index is 1.74. The van der Waals surface area contributed by atoms with Gasteiger partial charge in [0.15, 0.2) is 6.61 Å². The standard InChI is InChI=1S/C20H21FN2O4S/c1-2-23(13-18(24)22-12-15-5-7-16(21)8-6-15)19(25)14-27-20(26)10-9-17-4-3-11-28-17/h3-11H,2,12-14H2,1H3,(H,22,24)/b10-9+. The first kappa shape index (κ1) is 21.3. The minimum absolute atomic E-state index is 0.154. The first-order chi connectivity index (χ1) is 13.5. The van der Waals surface area contributed by atoms with Crippen LogP contribution in [0, 0.1) is 5.82 Å². The zero-order valence-electron chi connectivity index (χ0n) is 15.4. The summed E-state index contributed by atoms with van der Waals surface area (Å²) >= 11 is 1.48. The molecule has 0 bridgehead atoms. The van der Waals surface area contributed by atoms with Crippen LogP contribution in [0.15, 0.2) is 47.9 Å². The molecule has 0 aliphatic rings. The molecular formula is C20H21FN2O4S. The molecule has 148 valence electrons. The van der Waals surface area contributed by atoms with Crippen molar-refractivity contribution in [2.45, 2.75) is 13.5 Å². The molecule has 2 aromatic rings. The summed E-state index contributed by atoms with van der Waals surface area (Å²) < 4.78 is 17.8. The monoisotopic (exact) mass is 404 g/mol. The van der Waals surface area contributed by atoms with Crippen LogP contribution in [-0.2, 0) is 25.7 Å². The van der Waals surface area contributed by atoms with Crippen LogP contribution in [0.2, 0.25) is 0 Å². The maximum atomic E-state index is 12.9. The molecule has 0 aliphatic heterocycles. The molecule has 1 aromatic heterocycles. The van der Waals surface area contributed by atoms with Gasteiger partial charge in [-0.1, -0.05) is 18.2 Å². The lowest BCUT2D eigenvalue weighted by Crippen LogP contribution is -2.42. The number of thiophene rings is 1. The largest absolute Gasteiger partial charge is 0.452 e. The first-order valence-electron chi connectivity index (χ1n) is 8.65. The third kappa shape index (κ3) is 7.32. The molecule has 1 aromatic carbocycles. The van der Waals surface area contributed by atoms with Gasteiger partial charge >= 0.3 is 5.97 Å². The SMILES string of the molecule is CCN(CC(=O)NCc1ccc(F)cc1)C(=O)COC(=O)/C=C/c1cccs1. The third-order valence-corrected chi connectivity index (χ3v) is 4.57. The number of amides is 2. The Morgan fingerprint density at radius 3 is 2.61 bits per heavy atom. The predicted molar refractivity (Wildman–Crippen MR) is 105 cm³/mol.